The molecule has 2 aromatic carbocycles. The average Bonchev–Trinajstić information content (AvgIpc) is 2.43. The molecule has 0 radical (unpaired) electrons. The SMILES string of the molecule is CCN(Cc1ccccc1C)Cc1ccc(N)cc1Br. The molecule has 0 aromatic heterocycles. The lowest BCUT2D eigenvalue weighted by atomic mass is 10.1. The highest BCUT2D eigenvalue weighted by Gasteiger charge is 2.09. The summed E-state index contributed by atoms with van der Waals surface area (Å²) in [6.45, 7) is 7.28. The second-order valence-electron chi connectivity index (χ2n) is 5.08. The lowest BCUT2D eigenvalue weighted by Gasteiger charge is -2.22. The molecule has 106 valence electrons. The highest BCUT2D eigenvalue weighted by molar-refractivity contribution is 9.10. The van der Waals surface area contributed by atoms with Crippen molar-refractivity contribution in [3.05, 3.63) is 63.6 Å². The lowest BCUT2D eigenvalue weighted by molar-refractivity contribution is 0.270. The maximum absolute atomic E-state index is 5.79. The van der Waals surface area contributed by atoms with Crippen molar-refractivity contribution >= 4 is 21.6 Å². The van der Waals surface area contributed by atoms with Gasteiger partial charge in [-0.3, -0.25) is 4.90 Å². The van der Waals surface area contributed by atoms with Crippen molar-refractivity contribution < 1.29 is 0 Å². The first-order valence-corrected chi connectivity index (χ1v) is 7.70. The molecular formula is C17H21BrN2. The van der Waals surface area contributed by atoms with E-state index in [1.807, 2.05) is 12.1 Å². The summed E-state index contributed by atoms with van der Waals surface area (Å²) in [5.41, 5.74) is 10.6. The molecule has 0 saturated carbocycles. The summed E-state index contributed by atoms with van der Waals surface area (Å²) in [7, 11) is 0. The van der Waals surface area contributed by atoms with Crippen molar-refractivity contribution in [1.29, 1.82) is 0 Å². The number of hydrogen-bond acceptors (Lipinski definition) is 2. The fourth-order valence-corrected chi connectivity index (χ4v) is 2.76. The van der Waals surface area contributed by atoms with Gasteiger partial charge < -0.3 is 5.73 Å². The van der Waals surface area contributed by atoms with Crippen molar-refractivity contribution in [3.8, 4) is 0 Å². The van der Waals surface area contributed by atoms with Crippen LogP contribution in [-0.4, -0.2) is 11.4 Å². The van der Waals surface area contributed by atoms with Crippen molar-refractivity contribution in [3.63, 3.8) is 0 Å². The second kappa shape index (κ2) is 6.91. The average molecular weight is 333 g/mol. The molecule has 0 spiro atoms. The zero-order chi connectivity index (χ0) is 14.5. The van der Waals surface area contributed by atoms with Crippen LogP contribution in [-0.2, 0) is 13.1 Å². The maximum atomic E-state index is 5.79. The molecule has 0 amide bonds. The van der Waals surface area contributed by atoms with Crippen molar-refractivity contribution in [2.24, 2.45) is 0 Å². The highest BCUT2D eigenvalue weighted by atomic mass is 79.9. The van der Waals surface area contributed by atoms with Gasteiger partial charge in [-0.05, 0) is 42.3 Å². The molecule has 0 unspecified atom stereocenters. The molecule has 2 N–H and O–H groups in total. The van der Waals surface area contributed by atoms with Crippen LogP contribution in [0.3, 0.4) is 0 Å². The predicted molar refractivity (Wildman–Crippen MR) is 89.5 cm³/mol. The third kappa shape index (κ3) is 3.84. The Morgan fingerprint density at radius 1 is 1.05 bits per heavy atom. The summed E-state index contributed by atoms with van der Waals surface area (Å²) < 4.78 is 1.08. The Morgan fingerprint density at radius 2 is 1.75 bits per heavy atom. The minimum absolute atomic E-state index is 0.794. The van der Waals surface area contributed by atoms with E-state index in [0.29, 0.717) is 0 Å². The fraction of sp³-hybridized carbons (Fsp3) is 0.294. The van der Waals surface area contributed by atoms with Gasteiger partial charge in [0.2, 0.25) is 0 Å². The van der Waals surface area contributed by atoms with E-state index >= 15 is 0 Å². The molecule has 2 aromatic rings. The summed E-state index contributed by atoms with van der Waals surface area (Å²) in [4.78, 5) is 2.43. The standard InChI is InChI=1S/C17H21BrN2/c1-3-20(11-14-7-5-4-6-13(14)2)12-15-8-9-16(19)10-17(15)18/h4-10H,3,11-12,19H2,1-2H3. The smallest absolute Gasteiger partial charge is 0.0325 e. The number of rotatable bonds is 5. The number of halogens is 1. The fourth-order valence-electron chi connectivity index (χ4n) is 2.24. The largest absolute Gasteiger partial charge is 0.399 e. The van der Waals surface area contributed by atoms with Gasteiger partial charge in [-0.25, -0.2) is 0 Å². The van der Waals surface area contributed by atoms with Gasteiger partial charge in [0.25, 0.3) is 0 Å². The van der Waals surface area contributed by atoms with E-state index in [-0.39, 0.29) is 0 Å². The molecule has 0 fully saturated rings. The van der Waals surface area contributed by atoms with Crippen molar-refractivity contribution in [1.82, 2.24) is 4.90 Å². The van der Waals surface area contributed by atoms with E-state index in [1.165, 1.54) is 16.7 Å². The van der Waals surface area contributed by atoms with Crippen LogP contribution in [0.4, 0.5) is 5.69 Å². The van der Waals surface area contributed by atoms with Crippen LogP contribution in [0.5, 0.6) is 0 Å². The number of nitrogens with zero attached hydrogens (tertiary/aromatic N) is 1. The molecule has 2 nitrogen and oxygen atoms in total. The van der Waals surface area contributed by atoms with Crippen molar-refractivity contribution in [2.75, 3.05) is 12.3 Å². The summed E-state index contributed by atoms with van der Waals surface area (Å²) in [5, 5.41) is 0. The normalized spacial score (nSPS) is 11.0. The van der Waals surface area contributed by atoms with Gasteiger partial charge >= 0.3 is 0 Å². The summed E-state index contributed by atoms with van der Waals surface area (Å²) >= 11 is 3.60. The minimum Gasteiger partial charge on any atom is -0.399 e. The number of nitrogens with two attached hydrogens (primary N) is 1. The first-order chi connectivity index (χ1) is 9.60. The Morgan fingerprint density at radius 3 is 2.40 bits per heavy atom. The molecular weight excluding hydrogens is 312 g/mol. The second-order valence-corrected chi connectivity index (χ2v) is 5.93. The third-order valence-corrected chi connectivity index (χ3v) is 4.31. The Kier molecular flexibility index (Phi) is 5.21. The van der Waals surface area contributed by atoms with E-state index in [9.17, 15) is 0 Å². The monoisotopic (exact) mass is 332 g/mol. The predicted octanol–water partition coefficient (Wildman–Crippen LogP) is 4.36. The van der Waals surface area contributed by atoms with E-state index in [4.69, 9.17) is 5.73 Å². The Labute approximate surface area is 129 Å². The molecule has 0 atom stereocenters. The number of nitrogen functional groups attached to an aromatic ring is 1. The first kappa shape index (κ1) is 15.1. The molecule has 0 bridgehead atoms. The van der Waals surface area contributed by atoms with E-state index in [1.54, 1.807) is 0 Å². The zero-order valence-corrected chi connectivity index (χ0v) is 13.7. The molecule has 0 aliphatic carbocycles. The molecule has 0 saturated heterocycles. The van der Waals surface area contributed by atoms with Crippen molar-refractivity contribution in [2.45, 2.75) is 26.9 Å². The Balaban J connectivity index is 2.11. The van der Waals surface area contributed by atoms with Gasteiger partial charge in [0, 0.05) is 23.2 Å². The topological polar surface area (TPSA) is 29.3 Å². The molecule has 0 aliphatic heterocycles. The number of hydrogen-bond donors (Lipinski definition) is 1. The van der Waals surface area contributed by atoms with Crippen LogP contribution < -0.4 is 5.73 Å². The molecule has 2 rings (SSSR count). The number of aryl methyl sites for hydroxylation is 1. The van der Waals surface area contributed by atoms with E-state index < -0.39 is 0 Å². The van der Waals surface area contributed by atoms with Gasteiger partial charge in [-0.15, -0.1) is 0 Å². The molecule has 20 heavy (non-hydrogen) atoms. The quantitative estimate of drug-likeness (QED) is 0.824. The van der Waals surface area contributed by atoms with E-state index in [0.717, 1.165) is 29.8 Å². The van der Waals surface area contributed by atoms with Gasteiger partial charge in [-0.2, -0.15) is 0 Å². The summed E-state index contributed by atoms with van der Waals surface area (Å²) in [6, 6.07) is 14.6. The van der Waals surface area contributed by atoms with Gasteiger partial charge in [0.15, 0.2) is 0 Å². The van der Waals surface area contributed by atoms with Crippen LogP contribution >= 0.6 is 15.9 Å². The van der Waals surface area contributed by atoms with Crippen LogP contribution in [0.15, 0.2) is 46.9 Å². The highest BCUT2D eigenvalue weighted by Crippen LogP contribution is 2.22. The summed E-state index contributed by atoms with van der Waals surface area (Å²) in [5.74, 6) is 0. The van der Waals surface area contributed by atoms with E-state index in [2.05, 4.69) is 65.0 Å². The zero-order valence-electron chi connectivity index (χ0n) is 12.1. The first-order valence-electron chi connectivity index (χ1n) is 6.91. The molecule has 0 aliphatic rings. The minimum atomic E-state index is 0.794. The number of benzene rings is 2. The van der Waals surface area contributed by atoms with Crippen LogP contribution in [0.1, 0.15) is 23.6 Å². The Bertz CT molecular complexity index is 581. The lowest BCUT2D eigenvalue weighted by Crippen LogP contribution is -2.23. The van der Waals surface area contributed by atoms with Crippen LogP contribution in [0, 0.1) is 6.92 Å². The third-order valence-electron chi connectivity index (χ3n) is 3.57. The Hall–Kier alpha value is -1.32. The molecule has 0 heterocycles. The van der Waals surface area contributed by atoms with Gasteiger partial charge in [0.05, 0.1) is 0 Å². The summed E-state index contributed by atoms with van der Waals surface area (Å²) in [6.07, 6.45) is 0. The van der Waals surface area contributed by atoms with Gasteiger partial charge in [-0.1, -0.05) is 53.2 Å². The number of anilines is 1. The van der Waals surface area contributed by atoms with Crippen LogP contribution in [0.2, 0.25) is 0 Å². The maximum Gasteiger partial charge on any atom is 0.0325 e. The molecule has 3 heteroatoms. The van der Waals surface area contributed by atoms with Gasteiger partial charge in [0.1, 0.15) is 0 Å². The van der Waals surface area contributed by atoms with Crippen LogP contribution in [0.25, 0.3) is 0 Å².